The van der Waals surface area contributed by atoms with Crippen LogP contribution in [0.5, 0.6) is 0 Å². The van der Waals surface area contributed by atoms with Crippen molar-refractivity contribution in [2.75, 3.05) is 0 Å². The molecule has 0 N–H and O–H groups in total. The molecule has 3 aromatic rings. The van der Waals surface area contributed by atoms with Gasteiger partial charge in [-0.3, -0.25) is 0 Å². The average Bonchev–Trinajstić information content (AvgIpc) is 2.47. The van der Waals surface area contributed by atoms with E-state index in [0.717, 1.165) is 11.4 Å². The van der Waals surface area contributed by atoms with Gasteiger partial charge in [-0.25, -0.2) is 0 Å². The predicted molar refractivity (Wildman–Crippen MR) is 83.1 cm³/mol. The zero-order chi connectivity index (χ0) is 12.8. The highest BCUT2D eigenvalue weighted by molar-refractivity contribution is 6.33. The molecule has 0 atom stereocenters. The molecule has 0 aliphatic heterocycles. The van der Waals surface area contributed by atoms with Crippen LogP contribution in [-0.2, 0) is 12.8 Å². The van der Waals surface area contributed by atoms with Crippen molar-refractivity contribution in [3.8, 4) is 0 Å². The smallest absolute Gasteiger partial charge is 0.0447 e. The summed E-state index contributed by atoms with van der Waals surface area (Å²) in [5, 5.41) is 6.28. The molecule has 1 aliphatic carbocycles. The molecule has 0 fully saturated rings. The molecule has 0 bridgehead atoms. The average molecular weight is 267 g/mol. The molecule has 0 heterocycles. The van der Waals surface area contributed by atoms with Gasteiger partial charge in [-0.15, -0.1) is 0 Å². The SMILES string of the molecule is Clc1cc2c(ccc3ccccc32)c2c1CCCC2. The fourth-order valence-corrected chi connectivity index (χ4v) is 3.71. The van der Waals surface area contributed by atoms with Gasteiger partial charge in [-0.05, 0) is 64.4 Å². The topological polar surface area (TPSA) is 0 Å². The first kappa shape index (κ1) is 11.3. The Labute approximate surface area is 118 Å². The van der Waals surface area contributed by atoms with E-state index >= 15 is 0 Å². The molecular weight excluding hydrogens is 252 g/mol. The summed E-state index contributed by atoms with van der Waals surface area (Å²) >= 11 is 6.52. The van der Waals surface area contributed by atoms with Gasteiger partial charge in [-0.2, -0.15) is 0 Å². The van der Waals surface area contributed by atoms with Gasteiger partial charge in [0, 0.05) is 5.02 Å². The van der Waals surface area contributed by atoms with E-state index in [0.29, 0.717) is 0 Å². The molecule has 19 heavy (non-hydrogen) atoms. The summed E-state index contributed by atoms with van der Waals surface area (Å²) in [6, 6.07) is 15.2. The Morgan fingerprint density at radius 1 is 0.737 bits per heavy atom. The second kappa shape index (κ2) is 4.25. The molecule has 0 unspecified atom stereocenters. The monoisotopic (exact) mass is 266 g/mol. The van der Waals surface area contributed by atoms with Crippen molar-refractivity contribution in [1.29, 1.82) is 0 Å². The molecule has 0 spiro atoms. The molecular formula is C18H15Cl. The largest absolute Gasteiger partial charge is 0.0840 e. The second-order valence-corrected chi connectivity index (χ2v) is 5.81. The number of halogens is 1. The van der Waals surface area contributed by atoms with Crippen LogP contribution in [0.2, 0.25) is 5.02 Å². The lowest BCUT2D eigenvalue weighted by Crippen LogP contribution is -2.04. The molecule has 4 rings (SSSR count). The fourth-order valence-electron chi connectivity index (χ4n) is 3.39. The number of fused-ring (bicyclic) bond motifs is 5. The van der Waals surface area contributed by atoms with E-state index in [4.69, 9.17) is 11.6 Å². The van der Waals surface area contributed by atoms with Gasteiger partial charge in [0.1, 0.15) is 0 Å². The van der Waals surface area contributed by atoms with Crippen molar-refractivity contribution in [1.82, 2.24) is 0 Å². The van der Waals surface area contributed by atoms with Crippen molar-refractivity contribution in [3.63, 3.8) is 0 Å². The van der Waals surface area contributed by atoms with Crippen LogP contribution < -0.4 is 0 Å². The molecule has 0 radical (unpaired) electrons. The van der Waals surface area contributed by atoms with Gasteiger partial charge in [0.15, 0.2) is 0 Å². The minimum atomic E-state index is 0.957. The van der Waals surface area contributed by atoms with E-state index in [1.54, 1.807) is 0 Å². The van der Waals surface area contributed by atoms with E-state index in [-0.39, 0.29) is 0 Å². The highest BCUT2D eigenvalue weighted by atomic mass is 35.5. The van der Waals surface area contributed by atoms with E-state index in [2.05, 4.69) is 42.5 Å². The van der Waals surface area contributed by atoms with Crippen LogP contribution in [0.25, 0.3) is 21.5 Å². The van der Waals surface area contributed by atoms with Gasteiger partial charge in [0.05, 0.1) is 0 Å². The normalized spacial score (nSPS) is 14.8. The van der Waals surface area contributed by atoms with Crippen LogP contribution in [0.1, 0.15) is 24.0 Å². The molecule has 3 aromatic carbocycles. The molecule has 1 heteroatoms. The second-order valence-electron chi connectivity index (χ2n) is 5.40. The minimum Gasteiger partial charge on any atom is -0.0840 e. The standard InChI is InChI=1S/C18H15Cl/c19-18-11-17-13-6-2-1-5-12(13)9-10-15(17)14-7-3-4-8-16(14)18/h1-2,5-6,9-11H,3-4,7-8H2. The maximum absolute atomic E-state index is 6.52. The lowest BCUT2D eigenvalue weighted by atomic mass is 9.86. The van der Waals surface area contributed by atoms with E-state index in [9.17, 15) is 0 Å². The number of aryl methyl sites for hydroxylation is 1. The maximum Gasteiger partial charge on any atom is 0.0447 e. The Balaban J connectivity index is 2.19. The Morgan fingerprint density at radius 3 is 2.42 bits per heavy atom. The summed E-state index contributed by atoms with van der Waals surface area (Å²) in [6.45, 7) is 0. The van der Waals surface area contributed by atoms with E-state index in [1.165, 1.54) is 51.9 Å². The summed E-state index contributed by atoms with van der Waals surface area (Å²) in [4.78, 5) is 0. The van der Waals surface area contributed by atoms with E-state index < -0.39 is 0 Å². The number of hydrogen-bond donors (Lipinski definition) is 0. The molecule has 0 amide bonds. The lowest BCUT2D eigenvalue weighted by molar-refractivity contribution is 0.690. The van der Waals surface area contributed by atoms with Gasteiger partial charge in [-0.1, -0.05) is 48.0 Å². The van der Waals surface area contributed by atoms with Crippen molar-refractivity contribution in [3.05, 3.63) is 58.6 Å². The predicted octanol–water partition coefficient (Wildman–Crippen LogP) is 5.53. The van der Waals surface area contributed by atoms with Crippen molar-refractivity contribution in [2.45, 2.75) is 25.7 Å². The molecule has 0 saturated carbocycles. The summed E-state index contributed by atoms with van der Waals surface area (Å²) in [5.41, 5.74) is 2.87. The third-order valence-electron chi connectivity index (χ3n) is 4.32. The zero-order valence-corrected chi connectivity index (χ0v) is 11.5. The Bertz CT molecular complexity index is 786. The molecule has 0 nitrogen and oxygen atoms in total. The maximum atomic E-state index is 6.52. The van der Waals surface area contributed by atoms with Gasteiger partial charge < -0.3 is 0 Å². The van der Waals surface area contributed by atoms with Crippen molar-refractivity contribution in [2.24, 2.45) is 0 Å². The molecule has 0 saturated heterocycles. The Hall–Kier alpha value is -1.53. The fraction of sp³-hybridized carbons (Fsp3) is 0.222. The number of rotatable bonds is 0. The zero-order valence-electron chi connectivity index (χ0n) is 10.7. The third-order valence-corrected chi connectivity index (χ3v) is 4.66. The quantitative estimate of drug-likeness (QED) is 0.470. The van der Waals surface area contributed by atoms with E-state index in [1.807, 2.05) is 0 Å². The highest BCUT2D eigenvalue weighted by Gasteiger charge is 2.16. The molecule has 1 aliphatic rings. The van der Waals surface area contributed by atoms with Gasteiger partial charge in [0.2, 0.25) is 0 Å². The van der Waals surface area contributed by atoms with Gasteiger partial charge >= 0.3 is 0 Å². The third kappa shape index (κ3) is 1.67. The molecule has 0 aromatic heterocycles. The number of benzene rings is 3. The van der Waals surface area contributed by atoms with Crippen LogP contribution in [0, 0.1) is 0 Å². The van der Waals surface area contributed by atoms with Crippen LogP contribution in [0.3, 0.4) is 0 Å². The Kier molecular flexibility index (Phi) is 2.53. The first-order valence-electron chi connectivity index (χ1n) is 6.96. The lowest BCUT2D eigenvalue weighted by Gasteiger charge is -2.20. The summed E-state index contributed by atoms with van der Waals surface area (Å²) in [7, 11) is 0. The first-order chi connectivity index (χ1) is 9.34. The van der Waals surface area contributed by atoms with Crippen LogP contribution in [0.15, 0.2) is 42.5 Å². The first-order valence-corrected chi connectivity index (χ1v) is 7.34. The van der Waals surface area contributed by atoms with Crippen LogP contribution in [0.4, 0.5) is 0 Å². The number of hydrogen-bond acceptors (Lipinski definition) is 0. The summed E-state index contributed by atoms with van der Waals surface area (Å²) < 4.78 is 0. The summed E-state index contributed by atoms with van der Waals surface area (Å²) in [6.07, 6.45) is 4.86. The van der Waals surface area contributed by atoms with Crippen LogP contribution in [-0.4, -0.2) is 0 Å². The highest BCUT2D eigenvalue weighted by Crippen LogP contribution is 2.37. The van der Waals surface area contributed by atoms with Crippen molar-refractivity contribution >= 4 is 33.1 Å². The van der Waals surface area contributed by atoms with Gasteiger partial charge in [0.25, 0.3) is 0 Å². The van der Waals surface area contributed by atoms with Crippen LogP contribution >= 0.6 is 11.6 Å². The molecule has 94 valence electrons. The minimum absolute atomic E-state index is 0.957. The van der Waals surface area contributed by atoms with Crippen molar-refractivity contribution < 1.29 is 0 Å². The summed E-state index contributed by atoms with van der Waals surface area (Å²) in [5.74, 6) is 0. The Morgan fingerprint density at radius 2 is 1.53 bits per heavy atom.